The number of nitrogens with one attached hydrogen (secondary N) is 1. The highest BCUT2D eigenvalue weighted by atomic mass is 16.4. The highest BCUT2D eigenvalue weighted by Crippen LogP contribution is 2.16. The van der Waals surface area contributed by atoms with Gasteiger partial charge in [-0.15, -0.1) is 0 Å². The van der Waals surface area contributed by atoms with Crippen LogP contribution >= 0.6 is 0 Å². The summed E-state index contributed by atoms with van der Waals surface area (Å²) in [4.78, 5) is 23.6. The molecule has 0 aromatic rings. The van der Waals surface area contributed by atoms with Crippen molar-refractivity contribution in [1.29, 1.82) is 0 Å². The number of aliphatic hydroxyl groups excluding tert-OH is 1. The lowest BCUT2D eigenvalue weighted by molar-refractivity contribution is -0.131. The van der Waals surface area contributed by atoms with Crippen molar-refractivity contribution >= 4 is 12.0 Å². The van der Waals surface area contributed by atoms with Gasteiger partial charge in [0.1, 0.15) is 6.10 Å². The predicted molar refractivity (Wildman–Crippen MR) is 66.2 cm³/mol. The van der Waals surface area contributed by atoms with Crippen LogP contribution in [-0.2, 0) is 4.79 Å². The second-order valence-electron chi connectivity index (χ2n) is 5.15. The maximum atomic E-state index is 11.5. The fraction of sp³-hybridized carbons (Fsp3) is 0.833. The molecule has 6 heteroatoms. The van der Waals surface area contributed by atoms with Gasteiger partial charge in [-0.3, -0.25) is 4.79 Å². The van der Waals surface area contributed by atoms with Crippen molar-refractivity contribution in [2.45, 2.75) is 32.8 Å². The van der Waals surface area contributed by atoms with Crippen molar-refractivity contribution in [2.24, 2.45) is 11.8 Å². The molecule has 6 nitrogen and oxygen atoms in total. The summed E-state index contributed by atoms with van der Waals surface area (Å²) in [7, 11) is 0. The lowest BCUT2D eigenvalue weighted by Gasteiger charge is -2.30. The Morgan fingerprint density at radius 1 is 1.33 bits per heavy atom. The Kier molecular flexibility index (Phi) is 5.40. The number of carbonyl (C=O) groups is 2. The fourth-order valence-electron chi connectivity index (χ4n) is 1.98. The maximum Gasteiger partial charge on any atom is 0.407 e. The molecule has 1 fully saturated rings. The summed E-state index contributed by atoms with van der Waals surface area (Å²) in [6, 6.07) is 0. The van der Waals surface area contributed by atoms with Crippen LogP contribution in [0.2, 0.25) is 0 Å². The molecule has 0 saturated carbocycles. The van der Waals surface area contributed by atoms with Crippen molar-refractivity contribution in [3.8, 4) is 0 Å². The van der Waals surface area contributed by atoms with Crippen LogP contribution in [0.4, 0.5) is 4.79 Å². The second kappa shape index (κ2) is 6.58. The highest BCUT2D eigenvalue weighted by molar-refractivity contribution is 5.80. The van der Waals surface area contributed by atoms with E-state index in [1.54, 1.807) is 13.8 Å². The minimum absolute atomic E-state index is 0.0983. The first-order chi connectivity index (χ1) is 8.41. The normalized spacial score (nSPS) is 18.8. The zero-order valence-electron chi connectivity index (χ0n) is 10.9. The fourth-order valence-corrected chi connectivity index (χ4v) is 1.98. The third-order valence-corrected chi connectivity index (χ3v) is 3.35. The van der Waals surface area contributed by atoms with E-state index < -0.39 is 12.2 Å². The van der Waals surface area contributed by atoms with Gasteiger partial charge < -0.3 is 20.4 Å². The zero-order chi connectivity index (χ0) is 13.7. The number of likely N-dealkylation sites (tertiary alicyclic amines) is 1. The maximum absolute atomic E-state index is 11.5. The summed E-state index contributed by atoms with van der Waals surface area (Å²) in [5.41, 5.74) is 0. The molecule has 1 atom stereocenters. The summed E-state index contributed by atoms with van der Waals surface area (Å²) < 4.78 is 0. The number of amides is 2. The molecule has 1 rings (SSSR count). The molecule has 0 unspecified atom stereocenters. The molecule has 3 N–H and O–H groups in total. The number of nitrogens with zero attached hydrogens (tertiary/aromatic N) is 1. The lowest BCUT2D eigenvalue weighted by Crippen LogP contribution is -2.43. The minimum Gasteiger partial charge on any atom is -0.465 e. The number of hydrogen-bond donors (Lipinski definition) is 3. The van der Waals surface area contributed by atoms with Crippen molar-refractivity contribution in [1.82, 2.24) is 10.2 Å². The van der Waals surface area contributed by atoms with Crippen LogP contribution in [-0.4, -0.2) is 52.9 Å². The molecule has 1 aliphatic heterocycles. The Morgan fingerprint density at radius 2 is 1.89 bits per heavy atom. The van der Waals surface area contributed by atoms with E-state index in [1.807, 2.05) is 0 Å². The van der Waals surface area contributed by atoms with Crippen LogP contribution in [0.3, 0.4) is 0 Å². The van der Waals surface area contributed by atoms with Gasteiger partial charge in [0.05, 0.1) is 0 Å². The van der Waals surface area contributed by atoms with Gasteiger partial charge in [0.15, 0.2) is 0 Å². The number of aliphatic hydroxyl groups is 1. The molecule has 0 aromatic heterocycles. The van der Waals surface area contributed by atoms with Gasteiger partial charge in [-0.2, -0.15) is 0 Å². The Balaban J connectivity index is 2.26. The van der Waals surface area contributed by atoms with Crippen LogP contribution in [0.1, 0.15) is 26.7 Å². The molecule has 1 aliphatic rings. The smallest absolute Gasteiger partial charge is 0.407 e. The van der Waals surface area contributed by atoms with Gasteiger partial charge in [0, 0.05) is 19.6 Å². The third kappa shape index (κ3) is 4.18. The standard InChI is InChI=1S/C12H22N2O4/c1-8(2)10(15)11(16)13-7-9-3-5-14(6-4-9)12(17)18/h8-10,15H,3-7H2,1-2H3,(H,13,16)(H,17,18)/t10-/m0/s1. The molecule has 1 heterocycles. The van der Waals surface area contributed by atoms with Gasteiger partial charge in [0.2, 0.25) is 5.91 Å². The molecule has 0 aromatic carbocycles. The number of piperidine rings is 1. The Hall–Kier alpha value is -1.30. The van der Waals surface area contributed by atoms with Gasteiger partial charge in [0.25, 0.3) is 0 Å². The van der Waals surface area contributed by atoms with Gasteiger partial charge >= 0.3 is 6.09 Å². The van der Waals surface area contributed by atoms with E-state index in [0.29, 0.717) is 25.6 Å². The van der Waals surface area contributed by atoms with E-state index in [1.165, 1.54) is 4.90 Å². The first-order valence-electron chi connectivity index (χ1n) is 6.35. The molecule has 0 bridgehead atoms. The first kappa shape index (κ1) is 14.8. The Morgan fingerprint density at radius 3 is 2.33 bits per heavy atom. The van der Waals surface area contributed by atoms with Crippen LogP contribution in [0.25, 0.3) is 0 Å². The van der Waals surface area contributed by atoms with Gasteiger partial charge in [-0.1, -0.05) is 13.8 Å². The number of hydrogen-bond acceptors (Lipinski definition) is 3. The van der Waals surface area contributed by atoms with E-state index in [4.69, 9.17) is 5.11 Å². The van der Waals surface area contributed by atoms with Gasteiger partial charge in [-0.05, 0) is 24.7 Å². The molecule has 0 radical (unpaired) electrons. The average Bonchev–Trinajstić information content (AvgIpc) is 2.35. The van der Waals surface area contributed by atoms with Crippen LogP contribution in [0.15, 0.2) is 0 Å². The van der Waals surface area contributed by atoms with Crippen molar-refractivity contribution in [3.63, 3.8) is 0 Å². The predicted octanol–water partition coefficient (Wildman–Crippen LogP) is 0.509. The number of rotatable bonds is 4. The summed E-state index contributed by atoms with van der Waals surface area (Å²) in [6.45, 7) is 5.12. The molecule has 18 heavy (non-hydrogen) atoms. The van der Waals surface area contributed by atoms with E-state index in [9.17, 15) is 14.7 Å². The molecule has 0 aliphatic carbocycles. The van der Waals surface area contributed by atoms with E-state index in [-0.39, 0.29) is 11.8 Å². The Bertz CT molecular complexity index is 298. The van der Waals surface area contributed by atoms with Crippen molar-refractivity contribution < 1.29 is 19.8 Å². The van der Waals surface area contributed by atoms with Crippen LogP contribution in [0, 0.1) is 11.8 Å². The summed E-state index contributed by atoms with van der Waals surface area (Å²) >= 11 is 0. The van der Waals surface area contributed by atoms with Crippen LogP contribution < -0.4 is 5.32 Å². The third-order valence-electron chi connectivity index (χ3n) is 3.35. The molecule has 0 spiro atoms. The molecular formula is C12H22N2O4. The summed E-state index contributed by atoms with van der Waals surface area (Å²) in [5, 5.41) is 21.1. The van der Waals surface area contributed by atoms with E-state index >= 15 is 0 Å². The lowest BCUT2D eigenvalue weighted by atomic mass is 9.96. The molecule has 2 amide bonds. The topological polar surface area (TPSA) is 89.9 Å². The van der Waals surface area contributed by atoms with Crippen molar-refractivity contribution in [3.05, 3.63) is 0 Å². The quantitative estimate of drug-likeness (QED) is 0.685. The number of carboxylic acid groups (broad SMARTS) is 1. The SMILES string of the molecule is CC(C)[C@H](O)C(=O)NCC1CCN(C(=O)O)CC1. The molecular weight excluding hydrogens is 236 g/mol. The molecule has 1 saturated heterocycles. The first-order valence-corrected chi connectivity index (χ1v) is 6.35. The summed E-state index contributed by atoms with van der Waals surface area (Å²) in [5.74, 6) is -0.145. The average molecular weight is 258 g/mol. The highest BCUT2D eigenvalue weighted by Gasteiger charge is 2.24. The minimum atomic E-state index is -0.968. The molecule has 104 valence electrons. The second-order valence-corrected chi connectivity index (χ2v) is 5.15. The van der Waals surface area contributed by atoms with Crippen LogP contribution in [0.5, 0.6) is 0 Å². The van der Waals surface area contributed by atoms with Gasteiger partial charge in [-0.25, -0.2) is 4.79 Å². The number of carbonyl (C=O) groups excluding carboxylic acids is 1. The Labute approximate surface area is 107 Å². The largest absolute Gasteiger partial charge is 0.465 e. The van der Waals surface area contributed by atoms with Crippen molar-refractivity contribution in [2.75, 3.05) is 19.6 Å². The van der Waals surface area contributed by atoms with E-state index in [2.05, 4.69) is 5.32 Å². The monoisotopic (exact) mass is 258 g/mol. The van der Waals surface area contributed by atoms with E-state index in [0.717, 1.165) is 12.8 Å². The zero-order valence-corrected chi connectivity index (χ0v) is 10.9. The summed E-state index contributed by atoms with van der Waals surface area (Å²) in [6.07, 6.45) is -0.342.